The van der Waals surface area contributed by atoms with Crippen LogP contribution in [-0.4, -0.2) is 37.8 Å². The molecular weight excluding hydrogens is 186 g/mol. The number of aliphatic imine (C=N–C) groups is 1. The summed E-state index contributed by atoms with van der Waals surface area (Å²) < 4.78 is 0. The molecule has 15 heavy (non-hydrogen) atoms. The predicted molar refractivity (Wildman–Crippen MR) is 68.2 cm³/mol. The fourth-order valence-electron chi connectivity index (χ4n) is 1.12. The zero-order valence-corrected chi connectivity index (χ0v) is 10.4. The van der Waals surface area contributed by atoms with Gasteiger partial charge in [0, 0.05) is 25.8 Å². The Hall–Kier alpha value is -1.09. The zero-order chi connectivity index (χ0) is 11.7. The molecule has 0 saturated heterocycles. The van der Waals surface area contributed by atoms with Crippen molar-refractivity contribution in [2.24, 2.45) is 4.99 Å². The van der Waals surface area contributed by atoms with E-state index in [9.17, 15) is 0 Å². The van der Waals surface area contributed by atoms with Crippen LogP contribution < -0.4 is 5.32 Å². The lowest BCUT2D eigenvalue weighted by Crippen LogP contribution is -2.29. The molecule has 0 aromatic heterocycles. The molecule has 1 N–H and O–H groups in total. The van der Waals surface area contributed by atoms with E-state index in [-0.39, 0.29) is 0 Å². The fourth-order valence-corrected chi connectivity index (χ4v) is 1.12. The Morgan fingerprint density at radius 3 is 2.67 bits per heavy atom. The third-order valence-corrected chi connectivity index (χ3v) is 2.03. The summed E-state index contributed by atoms with van der Waals surface area (Å²) in [5.74, 6) is 0. The van der Waals surface area contributed by atoms with Crippen molar-refractivity contribution in [1.82, 2.24) is 10.2 Å². The van der Waals surface area contributed by atoms with E-state index in [0.29, 0.717) is 0 Å². The smallest absolute Gasteiger partial charge is 0.0506 e. The Balaban J connectivity index is 4.11. The maximum Gasteiger partial charge on any atom is 0.0506 e. The molecule has 0 bridgehead atoms. The van der Waals surface area contributed by atoms with Crippen molar-refractivity contribution >= 4 is 6.21 Å². The molecule has 0 radical (unpaired) electrons. The monoisotopic (exact) mass is 209 g/mol. The molecule has 0 aliphatic rings. The van der Waals surface area contributed by atoms with Gasteiger partial charge in [-0.05, 0) is 20.4 Å². The maximum absolute atomic E-state index is 4.20. The van der Waals surface area contributed by atoms with Crippen LogP contribution in [0.5, 0.6) is 0 Å². The normalized spacial score (nSPS) is 12.1. The van der Waals surface area contributed by atoms with E-state index >= 15 is 0 Å². The molecule has 0 aromatic carbocycles. The summed E-state index contributed by atoms with van der Waals surface area (Å²) in [6, 6.07) is 0. The highest BCUT2D eigenvalue weighted by Crippen LogP contribution is 1.99. The molecule has 0 aliphatic heterocycles. The minimum absolute atomic E-state index is 0.828. The van der Waals surface area contributed by atoms with Gasteiger partial charge in [-0.2, -0.15) is 0 Å². The number of hydrogen-bond donors (Lipinski definition) is 1. The first-order valence-corrected chi connectivity index (χ1v) is 5.39. The van der Waals surface area contributed by atoms with Gasteiger partial charge in [-0.25, -0.2) is 0 Å². The van der Waals surface area contributed by atoms with Crippen molar-refractivity contribution in [3.05, 3.63) is 24.0 Å². The minimum atomic E-state index is 0.828. The summed E-state index contributed by atoms with van der Waals surface area (Å²) in [5, 5.41) is 3.29. The molecule has 0 amide bonds. The number of allylic oxidation sites excluding steroid dienone is 3. The molecule has 86 valence electrons. The third-order valence-electron chi connectivity index (χ3n) is 2.03. The van der Waals surface area contributed by atoms with Crippen LogP contribution in [0.4, 0.5) is 0 Å². The largest absolute Gasteiger partial charge is 0.372 e. The second kappa shape index (κ2) is 8.24. The van der Waals surface area contributed by atoms with Gasteiger partial charge in [-0.15, -0.1) is 0 Å². The molecule has 0 fully saturated rings. The lowest BCUT2D eigenvalue weighted by Gasteiger charge is -2.19. The Labute approximate surface area is 93.6 Å². The van der Waals surface area contributed by atoms with Crippen LogP contribution in [0.25, 0.3) is 0 Å². The van der Waals surface area contributed by atoms with Crippen LogP contribution in [0.15, 0.2) is 29.0 Å². The Kier molecular flexibility index (Phi) is 7.64. The standard InChI is InChI=1S/C12H23N3/c1-6-12(10-14-11(3)4)15(5)9-8-13-7-2/h6,10,13H,3,7-9H2,1-2,4-5H3/b12-6+,14-10-. The molecule has 0 unspecified atom stereocenters. The van der Waals surface area contributed by atoms with Crippen LogP contribution >= 0.6 is 0 Å². The molecule has 0 rings (SSSR count). The van der Waals surface area contributed by atoms with Crippen molar-refractivity contribution in [2.75, 3.05) is 26.7 Å². The molecule has 0 aliphatic carbocycles. The van der Waals surface area contributed by atoms with Gasteiger partial charge in [0.2, 0.25) is 0 Å². The summed E-state index contributed by atoms with van der Waals surface area (Å²) >= 11 is 0. The van der Waals surface area contributed by atoms with E-state index in [1.165, 1.54) is 0 Å². The van der Waals surface area contributed by atoms with Crippen molar-refractivity contribution in [3.63, 3.8) is 0 Å². The van der Waals surface area contributed by atoms with Gasteiger partial charge in [-0.1, -0.05) is 19.6 Å². The number of hydrogen-bond acceptors (Lipinski definition) is 3. The van der Waals surface area contributed by atoms with Gasteiger partial charge in [0.05, 0.1) is 11.9 Å². The molecular formula is C12H23N3. The Bertz CT molecular complexity index is 241. The minimum Gasteiger partial charge on any atom is -0.372 e. The van der Waals surface area contributed by atoms with E-state index < -0.39 is 0 Å². The first-order valence-electron chi connectivity index (χ1n) is 5.39. The van der Waals surface area contributed by atoms with Crippen LogP contribution in [0.1, 0.15) is 20.8 Å². The topological polar surface area (TPSA) is 27.6 Å². The lowest BCUT2D eigenvalue weighted by molar-refractivity contribution is 0.429. The number of nitrogens with zero attached hydrogens (tertiary/aromatic N) is 2. The third kappa shape index (κ3) is 6.91. The average molecular weight is 209 g/mol. The summed E-state index contributed by atoms with van der Waals surface area (Å²) in [4.78, 5) is 6.37. The molecule has 0 aromatic rings. The van der Waals surface area contributed by atoms with Crippen LogP contribution in [0.2, 0.25) is 0 Å². The van der Waals surface area contributed by atoms with Crippen molar-refractivity contribution in [1.29, 1.82) is 0 Å². The first kappa shape index (κ1) is 13.9. The average Bonchev–Trinajstić information content (AvgIpc) is 2.18. The van der Waals surface area contributed by atoms with Crippen LogP contribution in [-0.2, 0) is 0 Å². The van der Waals surface area contributed by atoms with Crippen LogP contribution in [0.3, 0.4) is 0 Å². The zero-order valence-electron chi connectivity index (χ0n) is 10.4. The van der Waals surface area contributed by atoms with E-state index in [4.69, 9.17) is 0 Å². The Morgan fingerprint density at radius 2 is 2.20 bits per heavy atom. The van der Waals surface area contributed by atoms with Gasteiger partial charge >= 0.3 is 0 Å². The van der Waals surface area contributed by atoms with Gasteiger partial charge in [-0.3, -0.25) is 4.99 Å². The van der Waals surface area contributed by atoms with E-state index in [2.05, 4.69) is 41.8 Å². The molecule has 3 nitrogen and oxygen atoms in total. The highest BCUT2D eigenvalue weighted by Gasteiger charge is 1.99. The predicted octanol–water partition coefficient (Wildman–Crippen LogP) is 2.04. The van der Waals surface area contributed by atoms with Gasteiger partial charge in [0.15, 0.2) is 0 Å². The molecule has 3 heteroatoms. The summed E-state index contributed by atoms with van der Waals surface area (Å²) in [7, 11) is 2.07. The molecule has 0 atom stereocenters. The molecule has 0 heterocycles. The first-order chi connectivity index (χ1) is 7.11. The Morgan fingerprint density at radius 1 is 1.53 bits per heavy atom. The second-order valence-corrected chi connectivity index (χ2v) is 3.48. The van der Waals surface area contributed by atoms with Gasteiger partial charge in [0.1, 0.15) is 0 Å². The second-order valence-electron chi connectivity index (χ2n) is 3.48. The highest BCUT2D eigenvalue weighted by molar-refractivity contribution is 5.78. The van der Waals surface area contributed by atoms with Crippen molar-refractivity contribution in [2.45, 2.75) is 20.8 Å². The number of rotatable bonds is 7. The summed E-state index contributed by atoms with van der Waals surface area (Å²) in [6.07, 6.45) is 3.91. The SMILES string of the molecule is C=C(C)/N=C\C(=C/C)N(C)CCNCC. The van der Waals surface area contributed by atoms with Crippen molar-refractivity contribution < 1.29 is 0 Å². The van der Waals surface area contributed by atoms with E-state index in [1.54, 1.807) is 0 Å². The lowest BCUT2D eigenvalue weighted by atomic mass is 10.3. The van der Waals surface area contributed by atoms with Gasteiger partial charge in [0.25, 0.3) is 0 Å². The molecule has 0 spiro atoms. The number of likely N-dealkylation sites (N-methyl/N-ethyl adjacent to an activating group) is 2. The fraction of sp³-hybridized carbons (Fsp3) is 0.583. The highest BCUT2D eigenvalue weighted by atomic mass is 15.1. The maximum atomic E-state index is 4.20. The van der Waals surface area contributed by atoms with Crippen molar-refractivity contribution in [3.8, 4) is 0 Å². The van der Waals surface area contributed by atoms with E-state index in [0.717, 1.165) is 31.0 Å². The summed E-state index contributed by atoms with van der Waals surface area (Å²) in [6.45, 7) is 12.7. The quantitative estimate of drug-likeness (QED) is 0.513. The summed E-state index contributed by atoms with van der Waals surface area (Å²) in [5.41, 5.74) is 1.95. The molecule has 0 saturated carbocycles. The van der Waals surface area contributed by atoms with Gasteiger partial charge < -0.3 is 10.2 Å². The van der Waals surface area contributed by atoms with E-state index in [1.807, 2.05) is 20.1 Å². The van der Waals surface area contributed by atoms with Crippen LogP contribution in [0, 0.1) is 0 Å². The number of nitrogens with one attached hydrogen (secondary N) is 1.